The Labute approximate surface area is 303 Å². The highest BCUT2D eigenvalue weighted by molar-refractivity contribution is 7.05. The molecule has 3 heterocycles. The maximum atomic E-state index is 6.83. The molecule has 246 valence electrons. The Bertz CT molecular complexity index is 2810. The summed E-state index contributed by atoms with van der Waals surface area (Å²) < 4.78 is 6.83. The van der Waals surface area contributed by atoms with Crippen molar-refractivity contribution in [3.05, 3.63) is 164 Å². The highest BCUT2D eigenvalue weighted by atomic mass is 28.3. The summed E-state index contributed by atoms with van der Waals surface area (Å²) in [7, 11) is -2.25. The summed E-state index contributed by atoms with van der Waals surface area (Å²) in [6.45, 7) is 4.93. The molecule has 0 saturated heterocycles. The zero-order chi connectivity index (χ0) is 34.8. The summed E-state index contributed by atoms with van der Waals surface area (Å²) in [5, 5.41) is 4.92. The molecular formula is C47H33N3OSi. The zero-order valence-electron chi connectivity index (χ0n) is 28.8. The molecule has 0 N–H and O–H groups in total. The van der Waals surface area contributed by atoms with Crippen molar-refractivity contribution >= 4 is 40.4 Å². The van der Waals surface area contributed by atoms with E-state index in [0.29, 0.717) is 17.5 Å². The van der Waals surface area contributed by atoms with Gasteiger partial charge in [0, 0.05) is 27.5 Å². The second-order valence-corrected chi connectivity index (χ2v) is 18.2. The highest BCUT2D eigenvalue weighted by Gasteiger charge is 2.41. The van der Waals surface area contributed by atoms with Crippen LogP contribution in [0.4, 0.5) is 0 Å². The van der Waals surface area contributed by atoms with Crippen LogP contribution in [0.1, 0.15) is 0 Å². The van der Waals surface area contributed by atoms with Crippen LogP contribution >= 0.6 is 0 Å². The van der Waals surface area contributed by atoms with Gasteiger partial charge >= 0.3 is 0 Å². The molecule has 0 unspecified atom stereocenters. The van der Waals surface area contributed by atoms with E-state index in [2.05, 4.69) is 153 Å². The molecular weight excluding hydrogens is 651 g/mol. The molecule has 0 fully saturated rings. The molecule has 0 atom stereocenters. The normalized spacial score (nSPS) is 13.0. The number of benzene rings is 7. The summed E-state index contributed by atoms with van der Waals surface area (Å²) in [5.74, 6) is 1.90. The number of para-hydroxylation sites is 2. The van der Waals surface area contributed by atoms with Crippen LogP contribution in [0.2, 0.25) is 13.1 Å². The third-order valence-corrected chi connectivity index (χ3v) is 14.1. The Morgan fingerprint density at radius 1 is 0.346 bits per heavy atom. The Kier molecular flexibility index (Phi) is 6.91. The second-order valence-electron chi connectivity index (χ2n) is 14.0. The van der Waals surface area contributed by atoms with E-state index in [1.165, 1.54) is 32.6 Å². The fourth-order valence-electron chi connectivity index (χ4n) is 8.24. The monoisotopic (exact) mass is 683 g/mol. The molecule has 0 spiro atoms. The molecule has 0 bridgehead atoms. The third kappa shape index (κ3) is 4.70. The first-order chi connectivity index (χ1) is 25.6. The second kappa shape index (κ2) is 11.8. The average molecular weight is 684 g/mol. The molecule has 52 heavy (non-hydrogen) atoms. The number of rotatable bonds is 5. The topological polar surface area (TPSA) is 51.8 Å². The third-order valence-electron chi connectivity index (χ3n) is 10.5. The minimum atomic E-state index is -2.25. The molecule has 10 rings (SSSR count). The van der Waals surface area contributed by atoms with Crippen LogP contribution in [0.3, 0.4) is 0 Å². The van der Waals surface area contributed by atoms with Gasteiger partial charge in [-0.2, -0.15) is 0 Å². The van der Waals surface area contributed by atoms with Gasteiger partial charge in [0.25, 0.3) is 0 Å². The molecule has 0 radical (unpaired) electrons. The maximum absolute atomic E-state index is 6.83. The maximum Gasteiger partial charge on any atom is 0.167 e. The number of fused-ring (bicyclic) bond motifs is 6. The molecule has 1 aliphatic heterocycles. The fraction of sp³-hybridized carbons (Fsp3) is 0.0426. The van der Waals surface area contributed by atoms with Crippen molar-refractivity contribution in [2.45, 2.75) is 13.1 Å². The number of aromatic nitrogens is 3. The van der Waals surface area contributed by atoms with Crippen molar-refractivity contribution in [3.63, 3.8) is 0 Å². The van der Waals surface area contributed by atoms with E-state index in [4.69, 9.17) is 19.4 Å². The lowest BCUT2D eigenvalue weighted by atomic mass is 9.98. The minimum absolute atomic E-state index is 0.590. The molecule has 1 aliphatic rings. The summed E-state index contributed by atoms with van der Waals surface area (Å²) in [5.41, 5.74) is 11.8. The van der Waals surface area contributed by atoms with Crippen molar-refractivity contribution in [3.8, 4) is 67.5 Å². The van der Waals surface area contributed by atoms with Gasteiger partial charge in [0.15, 0.2) is 17.5 Å². The largest absolute Gasteiger partial charge is 0.455 e. The molecule has 0 amide bonds. The van der Waals surface area contributed by atoms with Crippen LogP contribution in [0.15, 0.2) is 168 Å². The van der Waals surface area contributed by atoms with E-state index in [9.17, 15) is 0 Å². The molecule has 5 heteroatoms. The van der Waals surface area contributed by atoms with E-state index in [0.717, 1.165) is 49.8 Å². The summed E-state index contributed by atoms with van der Waals surface area (Å²) >= 11 is 0. The van der Waals surface area contributed by atoms with Gasteiger partial charge in [-0.3, -0.25) is 0 Å². The Morgan fingerprint density at radius 3 is 1.37 bits per heavy atom. The lowest BCUT2D eigenvalue weighted by Gasteiger charge is -2.24. The first kappa shape index (κ1) is 30.4. The lowest BCUT2D eigenvalue weighted by Crippen LogP contribution is -2.51. The predicted molar refractivity (Wildman–Crippen MR) is 216 cm³/mol. The van der Waals surface area contributed by atoms with Gasteiger partial charge in [0.1, 0.15) is 19.2 Å². The number of furan rings is 1. The summed E-state index contributed by atoms with van der Waals surface area (Å²) in [6.07, 6.45) is 0. The molecule has 2 aromatic heterocycles. The van der Waals surface area contributed by atoms with Gasteiger partial charge in [0.2, 0.25) is 0 Å². The molecule has 7 aromatic carbocycles. The van der Waals surface area contributed by atoms with Gasteiger partial charge in [-0.15, -0.1) is 0 Å². The van der Waals surface area contributed by atoms with Crippen molar-refractivity contribution in [1.82, 2.24) is 15.0 Å². The highest BCUT2D eigenvalue weighted by Crippen LogP contribution is 2.41. The van der Waals surface area contributed by atoms with E-state index < -0.39 is 8.07 Å². The number of hydrogen-bond donors (Lipinski definition) is 0. The van der Waals surface area contributed by atoms with Gasteiger partial charge < -0.3 is 4.42 Å². The first-order valence-electron chi connectivity index (χ1n) is 17.7. The van der Waals surface area contributed by atoms with Crippen molar-refractivity contribution in [2.24, 2.45) is 0 Å². The molecule has 9 aromatic rings. The smallest absolute Gasteiger partial charge is 0.167 e. The Morgan fingerprint density at radius 2 is 0.750 bits per heavy atom. The molecule has 0 aliphatic carbocycles. The van der Waals surface area contributed by atoms with Crippen LogP contribution < -0.4 is 10.4 Å². The quantitative estimate of drug-likeness (QED) is 0.169. The Balaban J connectivity index is 1.20. The SMILES string of the molecule is C[Si]1(C)c2c(-c3ccccc3)cccc2-c2cccc(-c3nc(-c4ccccc4)nc(-c4cccc5c4oc4c(-c6ccccc6)cccc45)n3)c21. The lowest BCUT2D eigenvalue weighted by molar-refractivity contribution is 0.670. The molecule has 0 saturated carbocycles. The standard InChI is InChI=1S/C47H33N3OSi/c1-52(2)43-34(31-18-8-4-9-19-31)23-13-26-37(43)38-27-15-29-40(44(38)52)47-49-45(32-20-10-5-11-21-32)48-46(50-47)39-28-14-25-36-35-24-12-22-33(41(35)51-42(36)39)30-16-6-3-7-17-30/h3-29H,1-2H3. The van der Waals surface area contributed by atoms with Crippen LogP contribution in [0.25, 0.3) is 89.5 Å². The van der Waals surface area contributed by atoms with Crippen molar-refractivity contribution in [2.75, 3.05) is 0 Å². The van der Waals surface area contributed by atoms with Crippen LogP contribution in [0, 0.1) is 0 Å². The van der Waals surface area contributed by atoms with E-state index in [1.54, 1.807) is 0 Å². The summed E-state index contributed by atoms with van der Waals surface area (Å²) in [6, 6.07) is 57.4. The van der Waals surface area contributed by atoms with Crippen LogP contribution in [-0.2, 0) is 0 Å². The number of nitrogens with zero attached hydrogens (tertiary/aromatic N) is 3. The zero-order valence-corrected chi connectivity index (χ0v) is 29.8. The Hall–Kier alpha value is -6.43. The van der Waals surface area contributed by atoms with E-state index in [1.807, 2.05) is 24.3 Å². The fourth-order valence-corrected chi connectivity index (χ4v) is 12.0. The van der Waals surface area contributed by atoms with Gasteiger partial charge in [-0.1, -0.05) is 171 Å². The van der Waals surface area contributed by atoms with Gasteiger partial charge in [-0.05, 0) is 44.3 Å². The minimum Gasteiger partial charge on any atom is -0.455 e. The molecule has 4 nitrogen and oxygen atoms in total. The summed E-state index contributed by atoms with van der Waals surface area (Å²) in [4.78, 5) is 15.7. The number of hydrogen-bond acceptors (Lipinski definition) is 4. The van der Waals surface area contributed by atoms with Crippen LogP contribution in [-0.4, -0.2) is 23.0 Å². The van der Waals surface area contributed by atoms with Gasteiger partial charge in [-0.25, -0.2) is 15.0 Å². The van der Waals surface area contributed by atoms with Crippen molar-refractivity contribution in [1.29, 1.82) is 0 Å². The predicted octanol–water partition coefficient (Wildman–Crippen LogP) is 10.9. The van der Waals surface area contributed by atoms with E-state index >= 15 is 0 Å². The first-order valence-corrected chi connectivity index (χ1v) is 20.7. The van der Waals surface area contributed by atoms with Crippen LogP contribution in [0.5, 0.6) is 0 Å². The average Bonchev–Trinajstić information content (AvgIpc) is 3.71. The van der Waals surface area contributed by atoms with Gasteiger partial charge in [0.05, 0.1) is 5.56 Å². The van der Waals surface area contributed by atoms with Crippen molar-refractivity contribution < 1.29 is 4.42 Å². The van der Waals surface area contributed by atoms with E-state index in [-0.39, 0.29) is 0 Å².